The molecule has 4 aromatic rings. The second-order valence-corrected chi connectivity index (χ2v) is 19.2. The SMILES string of the molecule is COc1cc(N2CCN(CCCCCCCNc3cccc4c3C(=O)N(C3CCC(=O)NC3=O)C4=O)CC2)ccc1Nc1ncc(Cl)c(Nc2ccccc2P(C)(C)=O)n1. The van der Waals surface area contributed by atoms with Gasteiger partial charge in [-0.3, -0.25) is 34.3 Å². The second-order valence-electron chi connectivity index (χ2n) is 15.6. The highest BCUT2D eigenvalue weighted by Crippen LogP contribution is 2.39. The molecule has 1 unspecified atom stereocenters. The van der Waals surface area contributed by atoms with E-state index in [9.17, 15) is 23.7 Å². The summed E-state index contributed by atoms with van der Waals surface area (Å²) in [6.45, 7) is 8.92. The number of ether oxygens (including phenoxy) is 1. The normalized spacial score (nSPS) is 17.1. The van der Waals surface area contributed by atoms with Crippen molar-refractivity contribution in [3.63, 3.8) is 0 Å². The Kier molecular flexibility index (Phi) is 13.4. The number of unbranched alkanes of at least 4 members (excludes halogenated alkanes) is 4. The van der Waals surface area contributed by atoms with Gasteiger partial charge >= 0.3 is 0 Å². The number of nitrogens with zero attached hydrogens (tertiary/aromatic N) is 5. The minimum absolute atomic E-state index is 0.0876. The molecule has 2 fully saturated rings. The van der Waals surface area contributed by atoms with Crippen molar-refractivity contribution in [3.05, 3.63) is 83.0 Å². The predicted molar refractivity (Wildman–Crippen MR) is 235 cm³/mol. The molecule has 0 saturated carbocycles. The minimum Gasteiger partial charge on any atom is -0.494 e. The fourth-order valence-corrected chi connectivity index (χ4v) is 9.19. The van der Waals surface area contributed by atoms with E-state index in [0.29, 0.717) is 57.0 Å². The van der Waals surface area contributed by atoms with Crippen LogP contribution in [0.3, 0.4) is 0 Å². The number of carbonyl (C=O) groups excluding carboxylic acids is 4. The number of anilines is 6. The van der Waals surface area contributed by atoms with Crippen molar-refractivity contribution in [1.82, 2.24) is 25.1 Å². The lowest BCUT2D eigenvalue weighted by atomic mass is 10.0. The van der Waals surface area contributed by atoms with Crippen molar-refractivity contribution in [2.45, 2.75) is 51.0 Å². The average molecular weight is 856 g/mol. The predicted octanol–water partition coefficient (Wildman–Crippen LogP) is 6.46. The number of carbonyl (C=O) groups is 4. The second kappa shape index (κ2) is 18.8. The van der Waals surface area contributed by atoms with Crippen molar-refractivity contribution >= 4 is 82.2 Å². The van der Waals surface area contributed by atoms with Crippen LogP contribution in [0.2, 0.25) is 5.02 Å². The number of methoxy groups -OCH3 is 1. The largest absolute Gasteiger partial charge is 0.494 e. The van der Waals surface area contributed by atoms with Crippen molar-refractivity contribution < 1.29 is 28.5 Å². The van der Waals surface area contributed by atoms with Crippen LogP contribution >= 0.6 is 18.7 Å². The number of para-hydroxylation sites is 1. The number of piperidine rings is 1. The fraction of sp³-hybridized carbons (Fsp3) is 0.395. The zero-order chi connectivity index (χ0) is 42.4. The number of halogens is 1. The monoisotopic (exact) mass is 855 g/mol. The smallest absolute Gasteiger partial charge is 0.264 e. The maximum Gasteiger partial charge on any atom is 0.264 e. The standard InChI is InChI=1S/C43H51ClN9O6P/c1-59-35-26-28(16-17-31(35)48-43-46-27-30(44)39(50-43)47-32-13-7-8-15-36(32)60(2,3)58)52-24-22-51(23-25-52)21-10-6-4-5-9-20-45-33-14-11-12-29-38(33)42(57)53(41(29)56)34-18-19-37(54)49-40(34)55/h7-8,11-17,26-27,34,45H,4-6,9-10,18-25H2,1-3H3,(H,49,54,55)(H2,46,47,48,50). The molecule has 3 aromatic carbocycles. The molecule has 15 nitrogen and oxygen atoms in total. The first-order valence-corrected chi connectivity index (χ1v) is 23.3. The van der Waals surface area contributed by atoms with Crippen LogP contribution in [0.5, 0.6) is 5.75 Å². The molecule has 4 amide bonds. The first-order valence-electron chi connectivity index (χ1n) is 20.4. The molecule has 60 heavy (non-hydrogen) atoms. The van der Waals surface area contributed by atoms with Gasteiger partial charge in [0.1, 0.15) is 24.0 Å². The van der Waals surface area contributed by atoms with E-state index in [1.807, 2.05) is 36.4 Å². The number of hydrogen-bond acceptors (Lipinski definition) is 13. The molecule has 4 heterocycles. The first kappa shape index (κ1) is 42.6. The van der Waals surface area contributed by atoms with Gasteiger partial charge in [0.05, 0.1) is 35.8 Å². The molecule has 4 N–H and O–H groups in total. The number of amides is 4. The maximum atomic E-state index is 13.3. The van der Waals surface area contributed by atoms with Crippen LogP contribution in [-0.4, -0.2) is 109 Å². The lowest BCUT2D eigenvalue weighted by Gasteiger charge is -2.36. The van der Waals surface area contributed by atoms with Crippen LogP contribution in [-0.2, 0) is 14.2 Å². The highest BCUT2D eigenvalue weighted by atomic mass is 35.5. The van der Waals surface area contributed by atoms with Crippen LogP contribution < -0.4 is 36.2 Å². The van der Waals surface area contributed by atoms with Crippen LogP contribution in [0.4, 0.5) is 34.5 Å². The van der Waals surface area contributed by atoms with Crippen molar-refractivity contribution in [2.24, 2.45) is 0 Å². The fourth-order valence-electron chi connectivity index (χ4n) is 7.90. The first-order chi connectivity index (χ1) is 28.9. The van der Waals surface area contributed by atoms with Crippen LogP contribution in [0, 0.1) is 0 Å². The summed E-state index contributed by atoms with van der Waals surface area (Å²) in [5, 5.41) is 13.1. The summed E-state index contributed by atoms with van der Waals surface area (Å²) in [5.74, 6) is -0.621. The molecule has 7 rings (SSSR count). The number of benzene rings is 3. The van der Waals surface area contributed by atoms with E-state index in [-0.39, 0.29) is 18.4 Å². The van der Waals surface area contributed by atoms with Gasteiger partial charge in [-0.2, -0.15) is 4.98 Å². The Morgan fingerprint density at radius 2 is 1.62 bits per heavy atom. The average Bonchev–Trinajstić information content (AvgIpc) is 3.49. The Hall–Kier alpha value is -5.50. The van der Waals surface area contributed by atoms with Crippen LogP contribution in [0.25, 0.3) is 0 Å². The van der Waals surface area contributed by atoms with Crippen LogP contribution in [0.1, 0.15) is 65.7 Å². The quantitative estimate of drug-likeness (QED) is 0.0518. The summed E-state index contributed by atoms with van der Waals surface area (Å²) in [6.07, 6.45) is 7.04. The Bertz CT molecular complexity index is 2310. The van der Waals surface area contributed by atoms with Gasteiger partial charge in [-0.25, -0.2) is 4.98 Å². The summed E-state index contributed by atoms with van der Waals surface area (Å²) in [7, 11) is -0.912. The highest BCUT2D eigenvalue weighted by molar-refractivity contribution is 7.70. The van der Waals surface area contributed by atoms with Gasteiger partial charge < -0.3 is 30.2 Å². The van der Waals surface area contributed by atoms with Gasteiger partial charge in [-0.05, 0) is 75.5 Å². The molecule has 2 saturated heterocycles. The Morgan fingerprint density at radius 1 is 0.867 bits per heavy atom. The maximum absolute atomic E-state index is 13.3. The number of hydrogen-bond donors (Lipinski definition) is 4. The van der Waals surface area contributed by atoms with Gasteiger partial charge in [0, 0.05) is 61.9 Å². The Morgan fingerprint density at radius 3 is 2.38 bits per heavy atom. The van der Waals surface area contributed by atoms with Crippen molar-refractivity contribution in [3.8, 4) is 5.75 Å². The molecule has 0 bridgehead atoms. The summed E-state index contributed by atoms with van der Waals surface area (Å²) in [4.78, 5) is 65.3. The molecule has 0 radical (unpaired) electrons. The zero-order valence-corrected chi connectivity index (χ0v) is 35.8. The molecular formula is C43H51ClN9O6P. The number of nitrogens with one attached hydrogen (secondary N) is 4. The van der Waals surface area contributed by atoms with E-state index in [4.69, 9.17) is 16.3 Å². The van der Waals surface area contributed by atoms with E-state index in [2.05, 4.69) is 47.1 Å². The van der Waals surface area contributed by atoms with Crippen molar-refractivity contribution in [2.75, 3.05) is 80.6 Å². The molecule has 3 aliphatic rings. The summed E-state index contributed by atoms with van der Waals surface area (Å²) >= 11 is 6.46. The topological polar surface area (TPSA) is 178 Å². The molecule has 1 aromatic heterocycles. The summed E-state index contributed by atoms with van der Waals surface area (Å²) in [5.41, 5.74) is 3.63. The number of fused-ring (bicyclic) bond motifs is 1. The van der Waals surface area contributed by atoms with E-state index in [1.54, 1.807) is 38.6 Å². The molecule has 1 atom stereocenters. The molecular weight excluding hydrogens is 805 g/mol. The highest BCUT2D eigenvalue weighted by Gasteiger charge is 2.45. The number of piperazine rings is 1. The molecule has 3 aliphatic heterocycles. The van der Waals surface area contributed by atoms with Crippen molar-refractivity contribution in [1.29, 1.82) is 0 Å². The third kappa shape index (κ3) is 9.75. The Balaban J connectivity index is 0.823. The van der Waals surface area contributed by atoms with Gasteiger partial charge in [-0.1, -0.05) is 49.1 Å². The molecule has 316 valence electrons. The lowest BCUT2D eigenvalue weighted by Crippen LogP contribution is -2.54. The number of imide groups is 2. The van der Waals surface area contributed by atoms with E-state index >= 15 is 0 Å². The summed E-state index contributed by atoms with van der Waals surface area (Å²) < 4.78 is 18.7. The third-order valence-electron chi connectivity index (χ3n) is 11.1. The summed E-state index contributed by atoms with van der Waals surface area (Å²) in [6, 6.07) is 17.6. The van der Waals surface area contributed by atoms with Gasteiger partial charge in [0.25, 0.3) is 11.8 Å². The number of rotatable bonds is 17. The minimum atomic E-state index is -2.55. The van der Waals surface area contributed by atoms with Gasteiger partial charge in [0.2, 0.25) is 17.8 Å². The van der Waals surface area contributed by atoms with Crippen LogP contribution in [0.15, 0.2) is 66.9 Å². The number of aromatic nitrogens is 2. The lowest BCUT2D eigenvalue weighted by molar-refractivity contribution is -0.136. The van der Waals surface area contributed by atoms with Gasteiger partial charge in [-0.15, -0.1) is 0 Å². The van der Waals surface area contributed by atoms with E-state index < -0.39 is 36.8 Å². The zero-order valence-electron chi connectivity index (χ0n) is 34.1. The van der Waals surface area contributed by atoms with Gasteiger partial charge in [0.15, 0.2) is 5.82 Å². The van der Waals surface area contributed by atoms with E-state index in [0.717, 1.165) is 75.4 Å². The molecule has 0 aliphatic carbocycles. The third-order valence-corrected chi connectivity index (χ3v) is 12.9. The molecule has 17 heteroatoms. The van der Waals surface area contributed by atoms with E-state index in [1.165, 1.54) is 6.20 Å². The Labute approximate surface area is 355 Å². The molecule has 0 spiro atoms.